The molecule has 0 heterocycles. The van der Waals surface area contributed by atoms with Gasteiger partial charge in [0.25, 0.3) is 0 Å². The minimum Gasteiger partial charge on any atom is -0.385 e. The highest BCUT2D eigenvalue weighted by atomic mass is 32.1. The summed E-state index contributed by atoms with van der Waals surface area (Å²) in [5, 5.41) is 0. The smallest absolute Gasteiger partial charge is 0.0504 e. The zero-order valence-electron chi connectivity index (χ0n) is 8.95. The molecular weight excluding hydrogens is 184 g/mol. The van der Waals surface area contributed by atoms with Gasteiger partial charge in [-0.25, -0.2) is 0 Å². The molecule has 0 saturated carbocycles. The summed E-state index contributed by atoms with van der Waals surface area (Å²) in [4.78, 5) is 0. The van der Waals surface area contributed by atoms with Crippen LogP contribution in [0.2, 0.25) is 0 Å². The summed E-state index contributed by atoms with van der Waals surface area (Å²) in [5.74, 6) is 2.13. The maximum atomic E-state index is 5.52. The Morgan fingerprint density at radius 1 is 1.23 bits per heavy atom. The number of rotatable bonds is 8. The molecule has 0 aliphatic carbocycles. The third kappa shape index (κ3) is 7.35. The molecule has 0 aromatic carbocycles. The topological polar surface area (TPSA) is 18.5 Å². The van der Waals surface area contributed by atoms with E-state index in [2.05, 4.69) is 26.5 Å². The molecule has 0 aliphatic rings. The highest BCUT2D eigenvalue weighted by molar-refractivity contribution is 7.80. The Kier molecular flexibility index (Phi) is 9.03. The van der Waals surface area contributed by atoms with E-state index >= 15 is 0 Å². The van der Waals surface area contributed by atoms with Gasteiger partial charge in [0.15, 0.2) is 0 Å². The highest BCUT2D eigenvalue weighted by Crippen LogP contribution is 2.12. The molecule has 3 heteroatoms. The molecule has 0 spiro atoms. The number of methoxy groups -OCH3 is 1. The van der Waals surface area contributed by atoms with Gasteiger partial charge in [-0.3, -0.25) is 0 Å². The van der Waals surface area contributed by atoms with Crippen LogP contribution in [0.4, 0.5) is 0 Å². The Morgan fingerprint density at radius 3 is 2.38 bits per heavy atom. The van der Waals surface area contributed by atoms with Crippen molar-refractivity contribution < 1.29 is 9.47 Å². The van der Waals surface area contributed by atoms with Crippen molar-refractivity contribution in [1.29, 1.82) is 0 Å². The summed E-state index contributed by atoms with van der Waals surface area (Å²) >= 11 is 4.29. The van der Waals surface area contributed by atoms with Crippen LogP contribution in [0.15, 0.2) is 0 Å². The predicted octanol–water partition coefficient (Wildman–Crippen LogP) is 2.24. The van der Waals surface area contributed by atoms with Crippen molar-refractivity contribution in [3.05, 3.63) is 0 Å². The Balaban J connectivity index is 3.28. The molecule has 1 atom stereocenters. The standard InChI is InChI=1S/C10H22O2S/c1-9(2)10(8-13)7-12-6-4-5-11-3/h9-10,13H,4-8H2,1-3H3. The number of hydrogen-bond acceptors (Lipinski definition) is 3. The van der Waals surface area contributed by atoms with Crippen molar-refractivity contribution in [1.82, 2.24) is 0 Å². The Bertz CT molecular complexity index is 107. The summed E-state index contributed by atoms with van der Waals surface area (Å²) in [6.07, 6.45) is 0.980. The number of ether oxygens (including phenoxy) is 2. The fourth-order valence-corrected chi connectivity index (χ4v) is 1.52. The lowest BCUT2D eigenvalue weighted by Gasteiger charge is -2.18. The molecule has 0 radical (unpaired) electrons. The Morgan fingerprint density at radius 2 is 1.92 bits per heavy atom. The minimum absolute atomic E-state index is 0.575. The second-order valence-corrected chi connectivity index (χ2v) is 3.97. The van der Waals surface area contributed by atoms with Crippen LogP contribution < -0.4 is 0 Å². The normalized spacial score (nSPS) is 13.6. The summed E-state index contributed by atoms with van der Waals surface area (Å²) in [6.45, 7) is 6.82. The molecular formula is C10H22O2S. The lowest BCUT2D eigenvalue weighted by Crippen LogP contribution is -2.18. The van der Waals surface area contributed by atoms with Crippen molar-refractivity contribution in [3.63, 3.8) is 0 Å². The van der Waals surface area contributed by atoms with E-state index in [1.54, 1.807) is 7.11 Å². The molecule has 2 nitrogen and oxygen atoms in total. The SMILES string of the molecule is COCCCOCC(CS)C(C)C. The van der Waals surface area contributed by atoms with Crippen molar-refractivity contribution in [2.24, 2.45) is 11.8 Å². The van der Waals surface area contributed by atoms with Gasteiger partial charge in [-0.2, -0.15) is 12.6 Å². The third-order valence-corrected chi connectivity index (χ3v) is 2.62. The van der Waals surface area contributed by atoms with Crippen LogP contribution >= 0.6 is 12.6 Å². The van der Waals surface area contributed by atoms with Crippen LogP contribution in [0.25, 0.3) is 0 Å². The van der Waals surface area contributed by atoms with Crippen molar-refractivity contribution >= 4 is 12.6 Å². The zero-order chi connectivity index (χ0) is 10.1. The summed E-state index contributed by atoms with van der Waals surface area (Å²) in [6, 6.07) is 0. The molecule has 0 bridgehead atoms. The molecule has 0 fully saturated rings. The first-order valence-corrected chi connectivity index (χ1v) is 5.53. The largest absolute Gasteiger partial charge is 0.385 e. The van der Waals surface area contributed by atoms with Crippen LogP contribution in [0.5, 0.6) is 0 Å². The van der Waals surface area contributed by atoms with E-state index in [9.17, 15) is 0 Å². The van der Waals surface area contributed by atoms with Crippen molar-refractivity contribution in [3.8, 4) is 0 Å². The summed E-state index contributed by atoms with van der Waals surface area (Å²) in [7, 11) is 1.71. The lowest BCUT2D eigenvalue weighted by atomic mass is 9.99. The Labute approximate surface area is 87.4 Å². The molecule has 13 heavy (non-hydrogen) atoms. The van der Waals surface area contributed by atoms with Gasteiger partial charge in [0.1, 0.15) is 0 Å². The van der Waals surface area contributed by atoms with Crippen molar-refractivity contribution in [2.45, 2.75) is 20.3 Å². The predicted molar refractivity (Wildman–Crippen MR) is 59.5 cm³/mol. The van der Waals surface area contributed by atoms with Crippen LogP contribution in [0.3, 0.4) is 0 Å². The van der Waals surface area contributed by atoms with E-state index in [-0.39, 0.29) is 0 Å². The molecule has 0 saturated heterocycles. The van der Waals surface area contributed by atoms with E-state index in [1.807, 2.05) is 0 Å². The average Bonchev–Trinajstić information content (AvgIpc) is 2.10. The second kappa shape index (κ2) is 8.85. The van der Waals surface area contributed by atoms with E-state index < -0.39 is 0 Å². The molecule has 0 aliphatic heterocycles. The molecule has 0 aromatic heterocycles. The Hall–Kier alpha value is 0.270. The van der Waals surface area contributed by atoms with E-state index in [4.69, 9.17) is 9.47 Å². The molecule has 0 aromatic rings. The van der Waals surface area contributed by atoms with Gasteiger partial charge < -0.3 is 9.47 Å². The van der Waals surface area contributed by atoms with Gasteiger partial charge in [0.05, 0.1) is 6.61 Å². The third-order valence-electron chi connectivity index (χ3n) is 2.15. The van der Waals surface area contributed by atoms with Crippen LogP contribution in [0.1, 0.15) is 20.3 Å². The van der Waals surface area contributed by atoms with Gasteiger partial charge in [0, 0.05) is 20.3 Å². The van der Waals surface area contributed by atoms with E-state index in [0.29, 0.717) is 11.8 Å². The van der Waals surface area contributed by atoms with Crippen LogP contribution in [-0.2, 0) is 9.47 Å². The maximum absolute atomic E-state index is 5.52. The highest BCUT2D eigenvalue weighted by Gasteiger charge is 2.10. The van der Waals surface area contributed by atoms with Gasteiger partial charge in [-0.15, -0.1) is 0 Å². The molecule has 0 amide bonds. The van der Waals surface area contributed by atoms with Gasteiger partial charge in [0.2, 0.25) is 0 Å². The first kappa shape index (κ1) is 13.3. The molecule has 1 unspecified atom stereocenters. The second-order valence-electron chi connectivity index (χ2n) is 3.61. The fourth-order valence-electron chi connectivity index (χ4n) is 0.996. The number of thiol groups is 1. The molecule has 0 N–H and O–H groups in total. The quantitative estimate of drug-likeness (QED) is 0.485. The zero-order valence-corrected chi connectivity index (χ0v) is 9.85. The first-order valence-electron chi connectivity index (χ1n) is 4.90. The van der Waals surface area contributed by atoms with E-state index in [1.165, 1.54) is 0 Å². The van der Waals surface area contributed by atoms with Gasteiger partial charge >= 0.3 is 0 Å². The minimum atomic E-state index is 0.575. The summed E-state index contributed by atoms with van der Waals surface area (Å²) < 4.78 is 10.4. The summed E-state index contributed by atoms with van der Waals surface area (Å²) in [5.41, 5.74) is 0. The van der Waals surface area contributed by atoms with Crippen molar-refractivity contribution in [2.75, 3.05) is 32.7 Å². The first-order chi connectivity index (χ1) is 6.22. The number of hydrogen-bond donors (Lipinski definition) is 1. The molecule has 80 valence electrons. The van der Waals surface area contributed by atoms with Gasteiger partial charge in [-0.05, 0) is 24.0 Å². The molecule has 0 rings (SSSR count). The maximum Gasteiger partial charge on any atom is 0.0504 e. The van der Waals surface area contributed by atoms with Crippen LogP contribution in [0, 0.1) is 11.8 Å². The van der Waals surface area contributed by atoms with Gasteiger partial charge in [-0.1, -0.05) is 13.8 Å². The fraction of sp³-hybridized carbons (Fsp3) is 1.00. The lowest BCUT2D eigenvalue weighted by molar-refractivity contribution is 0.0730. The average molecular weight is 206 g/mol. The van der Waals surface area contributed by atoms with E-state index in [0.717, 1.165) is 32.0 Å². The monoisotopic (exact) mass is 206 g/mol. The van der Waals surface area contributed by atoms with Crippen LogP contribution in [-0.4, -0.2) is 32.7 Å².